The Bertz CT molecular complexity index is 151. The lowest BCUT2D eigenvalue weighted by Gasteiger charge is -2.14. The van der Waals surface area contributed by atoms with E-state index >= 15 is 0 Å². The SMILES string of the molecule is C1CCCCCCC2(CCCCC1)CC2. The summed E-state index contributed by atoms with van der Waals surface area (Å²) in [5.41, 5.74) is 0.869. The smallest absolute Gasteiger partial charge is 0.0297 e. The van der Waals surface area contributed by atoms with Crippen LogP contribution in [-0.4, -0.2) is 0 Å². The zero-order valence-electron chi connectivity index (χ0n) is 10.4. The Morgan fingerprint density at radius 3 is 1.00 bits per heavy atom. The predicted octanol–water partition coefficient (Wildman–Crippen LogP) is 5.46. The molecule has 0 amide bonds. The standard InChI is InChI=1S/C15H28/c1-2-4-6-8-10-12-15(13-14-15)11-9-7-5-3-1/h1-14H2. The summed E-state index contributed by atoms with van der Waals surface area (Å²) in [5, 5.41) is 0. The fraction of sp³-hybridized carbons (Fsp3) is 1.00. The number of hydrogen-bond donors (Lipinski definition) is 0. The molecule has 0 saturated heterocycles. The van der Waals surface area contributed by atoms with Gasteiger partial charge in [0.15, 0.2) is 0 Å². The molecule has 1 spiro atoms. The van der Waals surface area contributed by atoms with Crippen molar-refractivity contribution in [1.82, 2.24) is 0 Å². The summed E-state index contributed by atoms with van der Waals surface area (Å²) in [5.74, 6) is 0. The molecule has 0 radical (unpaired) electrons. The summed E-state index contributed by atoms with van der Waals surface area (Å²) in [7, 11) is 0. The first-order chi connectivity index (χ1) is 7.41. The second kappa shape index (κ2) is 5.92. The summed E-state index contributed by atoms with van der Waals surface area (Å²) >= 11 is 0. The lowest BCUT2D eigenvalue weighted by molar-refractivity contribution is 0.387. The Morgan fingerprint density at radius 1 is 0.333 bits per heavy atom. The molecule has 88 valence electrons. The Balaban J connectivity index is 1.69. The van der Waals surface area contributed by atoms with E-state index in [4.69, 9.17) is 0 Å². The van der Waals surface area contributed by atoms with Gasteiger partial charge in [-0.05, 0) is 31.1 Å². The van der Waals surface area contributed by atoms with Crippen molar-refractivity contribution in [3.05, 3.63) is 0 Å². The Morgan fingerprint density at radius 2 is 0.667 bits per heavy atom. The van der Waals surface area contributed by atoms with Crippen molar-refractivity contribution in [2.45, 2.75) is 89.9 Å². The molecule has 0 aromatic rings. The maximum atomic E-state index is 1.56. The van der Waals surface area contributed by atoms with Gasteiger partial charge in [-0.2, -0.15) is 0 Å². The molecule has 0 nitrogen and oxygen atoms in total. The number of rotatable bonds is 0. The normalized spacial score (nSPS) is 28.8. The van der Waals surface area contributed by atoms with Crippen molar-refractivity contribution >= 4 is 0 Å². The first-order valence-electron chi connectivity index (χ1n) is 7.41. The molecule has 2 fully saturated rings. The van der Waals surface area contributed by atoms with Gasteiger partial charge < -0.3 is 0 Å². The maximum absolute atomic E-state index is 1.56. The molecule has 0 aliphatic heterocycles. The van der Waals surface area contributed by atoms with E-state index in [1.165, 1.54) is 64.2 Å². The van der Waals surface area contributed by atoms with Gasteiger partial charge in [-0.1, -0.05) is 64.2 Å². The molecule has 0 atom stereocenters. The van der Waals surface area contributed by atoms with Crippen molar-refractivity contribution in [3.63, 3.8) is 0 Å². The lowest BCUT2D eigenvalue weighted by atomic mass is 9.92. The zero-order chi connectivity index (χ0) is 10.4. The molecule has 15 heavy (non-hydrogen) atoms. The van der Waals surface area contributed by atoms with E-state index < -0.39 is 0 Å². The van der Waals surface area contributed by atoms with Gasteiger partial charge in [0.1, 0.15) is 0 Å². The van der Waals surface area contributed by atoms with E-state index in [0.29, 0.717) is 0 Å². The zero-order valence-corrected chi connectivity index (χ0v) is 10.4. The van der Waals surface area contributed by atoms with Crippen molar-refractivity contribution in [2.75, 3.05) is 0 Å². The Kier molecular flexibility index (Phi) is 4.53. The maximum Gasteiger partial charge on any atom is -0.0297 e. The molecular weight excluding hydrogens is 180 g/mol. The van der Waals surface area contributed by atoms with E-state index in [1.807, 2.05) is 0 Å². The van der Waals surface area contributed by atoms with Crippen molar-refractivity contribution < 1.29 is 0 Å². The molecular formula is C15H28. The van der Waals surface area contributed by atoms with Gasteiger partial charge in [-0.15, -0.1) is 0 Å². The van der Waals surface area contributed by atoms with Crippen LogP contribution in [0, 0.1) is 5.41 Å². The quantitative estimate of drug-likeness (QED) is 0.496. The molecule has 0 heteroatoms. The highest BCUT2D eigenvalue weighted by Gasteiger charge is 2.40. The van der Waals surface area contributed by atoms with Crippen LogP contribution in [-0.2, 0) is 0 Å². The van der Waals surface area contributed by atoms with Crippen molar-refractivity contribution in [1.29, 1.82) is 0 Å². The second-order valence-electron chi connectivity index (χ2n) is 6.04. The highest BCUT2D eigenvalue weighted by molar-refractivity contribution is 4.92. The third-order valence-corrected chi connectivity index (χ3v) is 4.62. The van der Waals surface area contributed by atoms with Crippen LogP contribution in [0.2, 0.25) is 0 Å². The van der Waals surface area contributed by atoms with Crippen LogP contribution in [0.15, 0.2) is 0 Å². The molecule has 0 bridgehead atoms. The number of hydrogen-bond acceptors (Lipinski definition) is 0. The Labute approximate surface area is 95.8 Å². The average molecular weight is 208 g/mol. The summed E-state index contributed by atoms with van der Waals surface area (Å²) < 4.78 is 0. The van der Waals surface area contributed by atoms with Crippen LogP contribution in [0.4, 0.5) is 0 Å². The largest absolute Gasteiger partial charge is 0.0533 e. The van der Waals surface area contributed by atoms with Gasteiger partial charge in [0, 0.05) is 0 Å². The molecule has 0 N–H and O–H groups in total. The second-order valence-corrected chi connectivity index (χ2v) is 6.04. The third kappa shape index (κ3) is 4.17. The molecule has 2 aliphatic rings. The van der Waals surface area contributed by atoms with Crippen LogP contribution in [0.1, 0.15) is 89.9 Å². The van der Waals surface area contributed by atoms with Crippen LogP contribution in [0.5, 0.6) is 0 Å². The molecule has 2 aliphatic carbocycles. The van der Waals surface area contributed by atoms with E-state index in [1.54, 1.807) is 25.7 Å². The minimum Gasteiger partial charge on any atom is -0.0533 e. The van der Waals surface area contributed by atoms with Gasteiger partial charge in [-0.3, -0.25) is 0 Å². The fourth-order valence-electron chi connectivity index (χ4n) is 3.22. The fourth-order valence-corrected chi connectivity index (χ4v) is 3.22. The molecule has 2 rings (SSSR count). The summed E-state index contributed by atoms with van der Waals surface area (Å²) in [6.45, 7) is 0. The van der Waals surface area contributed by atoms with Crippen molar-refractivity contribution in [3.8, 4) is 0 Å². The highest BCUT2D eigenvalue weighted by Crippen LogP contribution is 2.53. The Hall–Kier alpha value is 0. The lowest BCUT2D eigenvalue weighted by Crippen LogP contribution is -2.00. The van der Waals surface area contributed by atoms with E-state index in [-0.39, 0.29) is 0 Å². The topological polar surface area (TPSA) is 0 Å². The molecule has 2 saturated carbocycles. The third-order valence-electron chi connectivity index (χ3n) is 4.62. The molecule has 0 heterocycles. The predicted molar refractivity (Wildman–Crippen MR) is 67.1 cm³/mol. The van der Waals surface area contributed by atoms with Gasteiger partial charge >= 0.3 is 0 Å². The average Bonchev–Trinajstić information content (AvgIpc) is 2.98. The molecule has 0 aromatic heterocycles. The first-order valence-corrected chi connectivity index (χ1v) is 7.41. The van der Waals surface area contributed by atoms with Crippen LogP contribution in [0.25, 0.3) is 0 Å². The van der Waals surface area contributed by atoms with Gasteiger partial charge in [-0.25, -0.2) is 0 Å². The van der Waals surface area contributed by atoms with E-state index in [0.717, 1.165) is 5.41 Å². The van der Waals surface area contributed by atoms with Gasteiger partial charge in [0.05, 0.1) is 0 Å². The highest BCUT2D eigenvalue weighted by atomic mass is 14.5. The monoisotopic (exact) mass is 208 g/mol. The van der Waals surface area contributed by atoms with Crippen molar-refractivity contribution in [2.24, 2.45) is 5.41 Å². The summed E-state index contributed by atoms with van der Waals surface area (Å²) in [6, 6.07) is 0. The first kappa shape index (κ1) is 11.5. The van der Waals surface area contributed by atoms with Crippen LogP contribution < -0.4 is 0 Å². The summed E-state index contributed by atoms with van der Waals surface area (Å²) in [6.07, 6.45) is 21.4. The van der Waals surface area contributed by atoms with E-state index in [2.05, 4.69) is 0 Å². The van der Waals surface area contributed by atoms with Crippen LogP contribution >= 0.6 is 0 Å². The van der Waals surface area contributed by atoms with Gasteiger partial charge in [0.2, 0.25) is 0 Å². The molecule has 0 unspecified atom stereocenters. The minimum atomic E-state index is 0.869. The summed E-state index contributed by atoms with van der Waals surface area (Å²) in [4.78, 5) is 0. The van der Waals surface area contributed by atoms with Gasteiger partial charge in [0.25, 0.3) is 0 Å². The molecule has 0 aromatic carbocycles. The minimum absolute atomic E-state index is 0.869. The van der Waals surface area contributed by atoms with E-state index in [9.17, 15) is 0 Å². The van der Waals surface area contributed by atoms with Crippen LogP contribution in [0.3, 0.4) is 0 Å².